The standard InChI is InChI=1S/C19H24N4O5S2/c24-15-4-1-3-14(11-15)18(25)20-5-2-6-21-19(26)17-12-16(13-22-17)30(27,28)23-7-9-29-10-8-23/h1,3-4,11-13,22,24H,2,5-10H2,(H,20,25)(H,21,26). The van der Waals surface area contributed by atoms with Gasteiger partial charge < -0.3 is 20.7 Å². The number of aromatic amines is 1. The Morgan fingerprint density at radius 1 is 1.10 bits per heavy atom. The number of aromatic nitrogens is 1. The van der Waals surface area contributed by atoms with Crippen LogP contribution in [-0.2, 0) is 10.0 Å². The monoisotopic (exact) mass is 452 g/mol. The topological polar surface area (TPSA) is 132 Å². The summed E-state index contributed by atoms with van der Waals surface area (Å²) in [6, 6.07) is 7.37. The molecule has 0 atom stereocenters. The van der Waals surface area contributed by atoms with Crippen molar-refractivity contribution in [2.75, 3.05) is 37.7 Å². The van der Waals surface area contributed by atoms with Crippen LogP contribution < -0.4 is 10.6 Å². The Labute approximate surface area is 179 Å². The second kappa shape index (κ2) is 10.0. The summed E-state index contributed by atoms with van der Waals surface area (Å²) in [6.07, 6.45) is 1.83. The average Bonchev–Trinajstić information content (AvgIpc) is 3.25. The summed E-state index contributed by atoms with van der Waals surface area (Å²) in [7, 11) is -3.60. The van der Waals surface area contributed by atoms with E-state index >= 15 is 0 Å². The Hall–Kier alpha value is -2.50. The highest BCUT2D eigenvalue weighted by Crippen LogP contribution is 2.20. The van der Waals surface area contributed by atoms with Gasteiger partial charge in [-0.05, 0) is 30.7 Å². The number of aromatic hydroxyl groups is 1. The van der Waals surface area contributed by atoms with E-state index in [2.05, 4.69) is 15.6 Å². The molecule has 3 rings (SSSR count). The van der Waals surface area contributed by atoms with Gasteiger partial charge in [-0.2, -0.15) is 16.1 Å². The molecular weight excluding hydrogens is 428 g/mol. The zero-order valence-electron chi connectivity index (χ0n) is 16.3. The zero-order valence-corrected chi connectivity index (χ0v) is 17.9. The Bertz CT molecular complexity index is 1000. The number of phenols is 1. The summed E-state index contributed by atoms with van der Waals surface area (Å²) < 4.78 is 26.7. The Kier molecular flexibility index (Phi) is 7.40. The SMILES string of the molecule is O=C(NCCCNC(=O)c1cc(S(=O)(=O)N2CCSCC2)c[nH]1)c1cccc(O)c1. The summed E-state index contributed by atoms with van der Waals surface area (Å²) in [5.41, 5.74) is 0.523. The van der Waals surface area contributed by atoms with Crippen molar-refractivity contribution in [2.24, 2.45) is 0 Å². The van der Waals surface area contributed by atoms with Gasteiger partial charge in [-0.1, -0.05) is 6.07 Å². The maximum Gasteiger partial charge on any atom is 0.267 e. The number of nitrogens with one attached hydrogen (secondary N) is 3. The van der Waals surface area contributed by atoms with Gasteiger partial charge in [0.1, 0.15) is 16.3 Å². The van der Waals surface area contributed by atoms with Crippen molar-refractivity contribution < 1.29 is 23.1 Å². The minimum Gasteiger partial charge on any atom is -0.508 e. The first-order chi connectivity index (χ1) is 14.4. The van der Waals surface area contributed by atoms with E-state index in [0.717, 1.165) is 11.5 Å². The van der Waals surface area contributed by atoms with E-state index in [1.54, 1.807) is 23.9 Å². The largest absolute Gasteiger partial charge is 0.508 e. The highest BCUT2D eigenvalue weighted by atomic mass is 32.2. The summed E-state index contributed by atoms with van der Waals surface area (Å²) in [4.78, 5) is 27.0. The molecule has 1 aromatic heterocycles. The second-order valence-corrected chi connectivity index (χ2v) is 9.84. The van der Waals surface area contributed by atoms with Crippen LogP contribution in [0.4, 0.5) is 0 Å². The van der Waals surface area contributed by atoms with Gasteiger partial charge in [0, 0.05) is 49.4 Å². The normalized spacial score (nSPS) is 14.9. The van der Waals surface area contributed by atoms with Crippen LogP contribution in [0.5, 0.6) is 5.75 Å². The summed E-state index contributed by atoms with van der Waals surface area (Å²) in [5.74, 6) is 0.816. The summed E-state index contributed by atoms with van der Waals surface area (Å²) in [5, 5.41) is 14.8. The van der Waals surface area contributed by atoms with Gasteiger partial charge in [-0.25, -0.2) is 8.42 Å². The highest BCUT2D eigenvalue weighted by molar-refractivity contribution is 7.99. The Balaban J connectivity index is 1.44. The van der Waals surface area contributed by atoms with Crippen molar-refractivity contribution in [3.05, 3.63) is 47.8 Å². The lowest BCUT2D eigenvalue weighted by Gasteiger charge is -2.24. The van der Waals surface area contributed by atoms with Gasteiger partial charge in [-0.15, -0.1) is 0 Å². The van der Waals surface area contributed by atoms with Gasteiger partial charge >= 0.3 is 0 Å². The molecule has 2 heterocycles. The van der Waals surface area contributed by atoms with E-state index in [0.29, 0.717) is 38.2 Å². The maximum absolute atomic E-state index is 12.6. The quantitative estimate of drug-likeness (QED) is 0.442. The van der Waals surface area contributed by atoms with Crippen LogP contribution in [-0.4, -0.2) is 72.3 Å². The molecule has 0 bridgehead atoms. The van der Waals surface area contributed by atoms with Crippen molar-refractivity contribution in [3.63, 3.8) is 0 Å². The fourth-order valence-corrected chi connectivity index (χ4v) is 5.50. The second-order valence-electron chi connectivity index (χ2n) is 6.68. The molecule has 4 N–H and O–H groups in total. The number of sulfonamides is 1. The molecule has 30 heavy (non-hydrogen) atoms. The van der Waals surface area contributed by atoms with Crippen LogP contribution in [0.25, 0.3) is 0 Å². The number of carbonyl (C=O) groups is 2. The number of nitrogens with zero attached hydrogens (tertiary/aromatic N) is 1. The molecular formula is C19H24N4O5S2. The van der Waals surface area contributed by atoms with Gasteiger partial charge in [0.2, 0.25) is 10.0 Å². The van der Waals surface area contributed by atoms with Crippen LogP contribution >= 0.6 is 11.8 Å². The first-order valence-electron chi connectivity index (χ1n) is 9.49. The van der Waals surface area contributed by atoms with Crippen molar-refractivity contribution in [2.45, 2.75) is 11.3 Å². The maximum atomic E-state index is 12.6. The van der Waals surface area contributed by atoms with Gasteiger partial charge in [0.25, 0.3) is 11.8 Å². The van der Waals surface area contributed by atoms with E-state index in [9.17, 15) is 23.1 Å². The predicted octanol–water partition coefficient (Wildman–Crippen LogP) is 1.01. The molecule has 1 aliphatic heterocycles. The van der Waals surface area contributed by atoms with Crippen LogP contribution in [0.3, 0.4) is 0 Å². The minimum atomic E-state index is -3.60. The third kappa shape index (κ3) is 5.55. The van der Waals surface area contributed by atoms with Crippen LogP contribution in [0.2, 0.25) is 0 Å². The third-order valence-electron chi connectivity index (χ3n) is 4.54. The van der Waals surface area contributed by atoms with E-state index in [-0.39, 0.29) is 22.2 Å². The molecule has 1 aliphatic rings. The molecule has 11 heteroatoms. The van der Waals surface area contributed by atoms with Crippen molar-refractivity contribution in [1.82, 2.24) is 19.9 Å². The van der Waals surface area contributed by atoms with Crippen LogP contribution in [0.1, 0.15) is 27.3 Å². The van der Waals surface area contributed by atoms with E-state index in [1.807, 2.05) is 0 Å². The van der Waals surface area contributed by atoms with E-state index in [1.165, 1.54) is 28.7 Å². The smallest absolute Gasteiger partial charge is 0.267 e. The fourth-order valence-electron chi connectivity index (χ4n) is 2.93. The first kappa shape index (κ1) is 22.2. The number of rotatable bonds is 8. The number of amides is 2. The Morgan fingerprint density at radius 3 is 2.50 bits per heavy atom. The van der Waals surface area contributed by atoms with Crippen molar-refractivity contribution in [3.8, 4) is 5.75 Å². The molecule has 0 saturated carbocycles. The summed E-state index contributed by atoms with van der Waals surface area (Å²) in [6.45, 7) is 1.58. The molecule has 0 spiro atoms. The molecule has 2 aromatic rings. The number of phenolic OH excluding ortho intramolecular Hbond substituents is 1. The zero-order chi connectivity index (χ0) is 21.6. The average molecular weight is 453 g/mol. The summed E-state index contributed by atoms with van der Waals surface area (Å²) >= 11 is 1.72. The van der Waals surface area contributed by atoms with Crippen LogP contribution in [0.15, 0.2) is 41.4 Å². The van der Waals surface area contributed by atoms with E-state index in [4.69, 9.17) is 0 Å². The lowest BCUT2D eigenvalue weighted by Crippen LogP contribution is -2.37. The number of thioether (sulfide) groups is 1. The number of hydrogen-bond acceptors (Lipinski definition) is 6. The lowest BCUT2D eigenvalue weighted by atomic mass is 10.2. The molecule has 9 nitrogen and oxygen atoms in total. The van der Waals surface area contributed by atoms with Gasteiger partial charge in [0.15, 0.2) is 0 Å². The highest BCUT2D eigenvalue weighted by Gasteiger charge is 2.27. The molecule has 1 aromatic carbocycles. The number of H-pyrrole nitrogens is 1. The minimum absolute atomic E-state index is 0.0152. The van der Waals surface area contributed by atoms with E-state index < -0.39 is 15.9 Å². The van der Waals surface area contributed by atoms with Gasteiger partial charge in [0.05, 0.1) is 0 Å². The van der Waals surface area contributed by atoms with Crippen molar-refractivity contribution >= 4 is 33.6 Å². The van der Waals surface area contributed by atoms with Gasteiger partial charge in [-0.3, -0.25) is 9.59 Å². The van der Waals surface area contributed by atoms with Crippen molar-refractivity contribution in [1.29, 1.82) is 0 Å². The first-order valence-corrected chi connectivity index (χ1v) is 12.1. The number of hydrogen-bond donors (Lipinski definition) is 4. The number of benzene rings is 1. The number of carbonyl (C=O) groups excluding carboxylic acids is 2. The molecule has 1 fully saturated rings. The molecule has 2 amide bonds. The fraction of sp³-hybridized carbons (Fsp3) is 0.368. The molecule has 0 unspecified atom stereocenters. The third-order valence-corrected chi connectivity index (χ3v) is 7.36. The molecule has 0 radical (unpaired) electrons. The molecule has 1 saturated heterocycles. The van der Waals surface area contributed by atoms with Crippen LogP contribution in [0, 0.1) is 0 Å². The lowest BCUT2D eigenvalue weighted by molar-refractivity contribution is 0.0948. The predicted molar refractivity (Wildman–Crippen MR) is 114 cm³/mol. The molecule has 0 aliphatic carbocycles. The Morgan fingerprint density at radius 2 is 1.80 bits per heavy atom. The molecule has 162 valence electrons.